The molecule has 0 atom stereocenters. The summed E-state index contributed by atoms with van der Waals surface area (Å²) in [5, 5.41) is 0. The van der Waals surface area contributed by atoms with Crippen LogP contribution < -0.4 is 0 Å². The average molecular weight is 280 g/mol. The van der Waals surface area contributed by atoms with Gasteiger partial charge in [-0.15, -0.1) is 0 Å². The minimum atomic E-state index is 0. The minimum Gasteiger partial charge on any atom is 0 e. The van der Waals surface area contributed by atoms with Gasteiger partial charge in [0.2, 0.25) is 0 Å². The Morgan fingerprint density at radius 2 is 1.00 bits per heavy atom. The maximum atomic E-state index is 0. The monoisotopic (exact) mass is 278 g/mol. The Labute approximate surface area is 92.8 Å². The van der Waals surface area contributed by atoms with Crippen LogP contribution in [0.4, 0.5) is 0 Å². The van der Waals surface area contributed by atoms with Gasteiger partial charge in [0.15, 0.2) is 0 Å². The van der Waals surface area contributed by atoms with Crippen LogP contribution in [0, 0.1) is 0 Å². The molecule has 0 spiro atoms. The van der Waals surface area contributed by atoms with Gasteiger partial charge < -0.3 is 0 Å². The molecule has 0 nitrogen and oxygen atoms in total. The van der Waals surface area contributed by atoms with Crippen molar-refractivity contribution in [3.63, 3.8) is 0 Å². The third kappa shape index (κ3) is 8.93. The molecule has 0 aromatic carbocycles. The van der Waals surface area contributed by atoms with Crippen LogP contribution in [0.2, 0.25) is 0 Å². The zero-order valence-corrected chi connectivity index (χ0v) is 3.67. The van der Waals surface area contributed by atoms with Crippen molar-refractivity contribution in [2.24, 2.45) is 0 Å². The molecule has 0 unspecified atom stereocenters. The Kier molecular flexibility index (Phi) is 113. The molecule has 0 aliphatic rings. The van der Waals surface area contributed by atoms with E-state index in [1.165, 1.54) is 0 Å². The van der Waals surface area contributed by atoms with Crippen molar-refractivity contribution in [3.05, 3.63) is 0 Å². The summed E-state index contributed by atoms with van der Waals surface area (Å²) in [6, 6.07) is 0. The van der Waals surface area contributed by atoms with Crippen LogP contribution in [0.5, 0.6) is 0 Å². The zero-order valence-electron chi connectivity index (χ0n) is 0.707. The molecule has 0 aromatic rings. The summed E-state index contributed by atoms with van der Waals surface area (Å²) in [6.07, 6.45) is 0. The van der Waals surface area contributed by atoms with E-state index in [1.807, 2.05) is 0 Å². The Hall–Kier alpha value is 3.13. The molecule has 4 heteroatoms. The Morgan fingerprint density at radius 3 is 1.00 bits per heavy atom. The third-order valence-electron chi connectivity index (χ3n) is 0. The summed E-state index contributed by atoms with van der Waals surface area (Å²) in [6.45, 7) is 0. The van der Waals surface area contributed by atoms with E-state index in [1.54, 1.807) is 0 Å². The Morgan fingerprint density at radius 1 is 1.00 bits per heavy atom. The third-order valence-corrected chi connectivity index (χ3v) is 0. The van der Waals surface area contributed by atoms with Crippen LogP contribution in [0.15, 0.2) is 0 Å². The van der Waals surface area contributed by atoms with E-state index >= 15 is 0 Å². The topological polar surface area (TPSA) is 0 Å². The number of rotatable bonds is 0. The van der Waals surface area contributed by atoms with Gasteiger partial charge in [0, 0.05) is 19.5 Å². The zero-order chi connectivity index (χ0) is 0. The van der Waals surface area contributed by atoms with Gasteiger partial charge in [-0.2, -0.15) is 0 Å². The molecule has 0 heterocycles. The van der Waals surface area contributed by atoms with E-state index in [-0.39, 0.29) is 94.7 Å². The molecule has 0 bridgehead atoms. The Bertz CT molecular complexity index is 8.00. The molecule has 0 radical (unpaired) electrons. The van der Waals surface area contributed by atoms with Crippen LogP contribution in [0.25, 0.3) is 0 Å². The van der Waals surface area contributed by atoms with Gasteiger partial charge in [-0.1, -0.05) is 0 Å². The minimum absolute atomic E-state index is 0. The second kappa shape index (κ2) is 16.5. The molecule has 0 amide bonds. The van der Waals surface area contributed by atoms with Crippen LogP contribution >= 0.6 is 0 Å². The van der Waals surface area contributed by atoms with Crippen molar-refractivity contribution in [1.29, 1.82) is 0 Å². The van der Waals surface area contributed by atoms with E-state index in [9.17, 15) is 0 Å². The smallest absolute Gasteiger partial charge is 0 e. The van der Waals surface area contributed by atoms with Crippen molar-refractivity contribution < 1.29 is 19.5 Å². The van der Waals surface area contributed by atoms with Crippen LogP contribution in [-0.2, 0) is 19.5 Å². The van der Waals surface area contributed by atoms with E-state index in [0.717, 1.165) is 0 Å². The molecule has 0 aliphatic heterocycles. The van der Waals surface area contributed by atoms with Crippen LogP contribution in [0.3, 0.4) is 0 Å². The first kappa shape index (κ1) is 27.3. The summed E-state index contributed by atoms with van der Waals surface area (Å²) in [5.74, 6) is 0. The van der Waals surface area contributed by atoms with Crippen molar-refractivity contribution in [3.8, 4) is 0 Å². The van der Waals surface area contributed by atoms with Gasteiger partial charge in [0.1, 0.15) is 0 Å². The molecule has 0 rings (SSSR count). The number of hydrogen-bond acceptors (Lipinski definition) is 0. The van der Waals surface area contributed by atoms with Gasteiger partial charge >= 0.3 is 75.2 Å². The molecule has 0 fully saturated rings. The fourth-order valence-electron chi connectivity index (χ4n) is 0. The SMILES string of the molecule is [GaH3].[InH3].[NaH].[Zn]. The fourth-order valence-corrected chi connectivity index (χ4v) is 0. The molecular formula is H7GaInNaZn. The first-order chi connectivity index (χ1) is 0. The summed E-state index contributed by atoms with van der Waals surface area (Å²) in [5.41, 5.74) is 0. The van der Waals surface area contributed by atoms with Gasteiger partial charge in [-0.05, 0) is 0 Å². The molecule has 0 aromatic heterocycles. The van der Waals surface area contributed by atoms with E-state index in [0.29, 0.717) is 0 Å². The fraction of sp³-hybridized carbons (Fsp3) is 0. The van der Waals surface area contributed by atoms with E-state index < -0.39 is 0 Å². The van der Waals surface area contributed by atoms with Crippen molar-refractivity contribution in [2.75, 3.05) is 0 Å². The molecular weight excluding hydrogens is 273 g/mol. The van der Waals surface area contributed by atoms with Crippen molar-refractivity contribution >= 4 is 75.2 Å². The number of hydrogen-bond donors (Lipinski definition) is 0. The molecule has 0 aliphatic carbocycles. The van der Waals surface area contributed by atoms with Gasteiger partial charge in [0.05, 0.1) is 0 Å². The Balaban J connectivity index is 0. The predicted octanol–water partition coefficient (Wildman–Crippen LogP) is -3.02. The first-order valence-electron chi connectivity index (χ1n) is 0. The van der Waals surface area contributed by atoms with Crippen LogP contribution in [0.1, 0.15) is 0 Å². The first-order valence-corrected chi connectivity index (χ1v) is 0. The summed E-state index contributed by atoms with van der Waals surface area (Å²) in [7, 11) is 0. The van der Waals surface area contributed by atoms with Crippen molar-refractivity contribution in [1.82, 2.24) is 0 Å². The quantitative estimate of drug-likeness (QED) is 0.414. The summed E-state index contributed by atoms with van der Waals surface area (Å²) in [4.78, 5) is 0. The molecule has 16 valence electrons. The predicted molar refractivity (Wildman–Crippen MR) is 27.0 cm³/mol. The van der Waals surface area contributed by atoms with Crippen LogP contribution in [-0.4, -0.2) is 75.2 Å². The van der Waals surface area contributed by atoms with Crippen molar-refractivity contribution in [2.45, 2.75) is 0 Å². The molecule has 0 saturated heterocycles. The van der Waals surface area contributed by atoms with Gasteiger partial charge in [-0.3, -0.25) is 0 Å². The van der Waals surface area contributed by atoms with E-state index in [2.05, 4.69) is 0 Å². The second-order valence-corrected chi connectivity index (χ2v) is 0. The summed E-state index contributed by atoms with van der Waals surface area (Å²) < 4.78 is 0. The normalized spacial score (nSPS) is 0. The largest absolute Gasteiger partial charge is 0 e. The second-order valence-electron chi connectivity index (χ2n) is 0. The average Bonchev–Trinajstić information content (AvgIpc) is 0. The standard InChI is InChI=1S/Ga.In.Na.Zn.7H. The summed E-state index contributed by atoms with van der Waals surface area (Å²) >= 11 is 0. The van der Waals surface area contributed by atoms with Gasteiger partial charge in [0.25, 0.3) is 0 Å². The molecule has 4 heavy (non-hydrogen) atoms. The maximum Gasteiger partial charge on any atom is 0 e. The maximum absolute atomic E-state index is 0. The van der Waals surface area contributed by atoms with Gasteiger partial charge in [-0.25, -0.2) is 0 Å². The van der Waals surface area contributed by atoms with E-state index in [4.69, 9.17) is 0 Å². The molecule has 0 N–H and O–H groups in total. The molecule has 0 saturated carbocycles.